The van der Waals surface area contributed by atoms with E-state index in [1.807, 2.05) is 6.92 Å². The summed E-state index contributed by atoms with van der Waals surface area (Å²) in [6.45, 7) is 1.92. The zero-order valence-corrected chi connectivity index (χ0v) is 11.8. The maximum atomic E-state index is 11.5. The first-order chi connectivity index (χ1) is 9.18. The minimum atomic E-state index is -0.336. The molecule has 0 fully saturated rings. The summed E-state index contributed by atoms with van der Waals surface area (Å²) < 4.78 is 5.23. The predicted molar refractivity (Wildman–Crippen MR) is 75.8 cm³/mol. The van der Waals surface area contributed by atoms with Crippen molar-refractivity contribution in [1.82, 2.24) is 0 Å². The van der Waals surface area contributed by atoms with E-state index in [1.54, 1.807) is 12.2 Å². The number of esters is 1. The lowest BCUT2D eigenvalue weighted by Gasteiger charge is -2.11. The van der Waals surface area contributed by atoms with Crippen LogP contribution in [-0.4, -0.2) is 17.9 Å². The maximum Gasteiger partial charge on any atom is 0.331 e. The number of ether oxygens (including phenoxy) is 1. The van der Waals surface area contributed by atoms with Crippen molar-refractivity contribution in [1.29, 1.82) is 0 Å². The Bertz CT molecular complexity index is 342. The Labute approximate surface area is 115 Å². The fourth-order valence-corrected chi connectivity index (χ4v) is 2.11. The van der Waals surface area contributed by atoms with Crippen molar-refractivity contribution >= 4 is 11.8 Å². The molecule has 1 atom stereocenters. The molecule has 0 saturated heterocycles. The number of carbonyl (C=O) groups is 2. The first kappa shape index (κ1) is 15.7. The van der Waals surface area contributed by atoms with E-state index >= 15 is 0 Å². The zero-order chi connectivity index (χ0) is 13.9. The minimum absolute atomic E-state index is 0.0318. The summed E-state index contributed by atoms with van der Waals surface area (Å²) in [5.74, 6) is -0.213. The molecule has 1 aliphatic heterocycles. The van der Waals surface area contributed by atoms with Crippen LogP contribution in [0.2, 0.25) is 0 Å². The Balaban J connectivity index is 2.49. The summed E-state index contributed by atoms with van der Waals surface area (Å²) >= 11 is 0. The van der Waals surface area contributed by atoms with Crippen molar-refractivity contribution in [3.63, 3.8) is 0 Å². The minimum Gasteiger partial charge on any atom is -0.460 e. The Hall–Kier alpha value is -1.38. The van der Waals surface area contributed by atoms with Gasteiger partial charge in [-0.3, -0.25) is 4.79 Å². The van der Waals surface area contributed by atoms with Gasteiger partial charge in [0.25, 0.3) is 0 Å². The van der Waals surface area contributed by atoms with Gasteiger partial charge in [0.1, 0.15) is 0 Å². The molecule has 0 aliphatic carbocycles. The molecule has 0 bridgehead atoms. The molecule has 0 aromatic carbocycles. The van der Waals surface area contributed by atoms with E-state index in [9.17, 15) is 9.59 Å². The van der Waals surface area contributed by atoms with Crippen LogP contribution in [0.3, 0.4) is 0 Å². The van der Waals surface area contributed by atoms with Gasteiger partial charge in [0.2, 0.25) is 0 Å². The average molecular weight is 264 g/mol. The molecule has 0 N–H and O–H groups in total. The van der Waals surface area contributed by atoms with Gasteiger partial charge in [-0.1, -0.05) is 37.8 Å². The third-order valence-corrected chi connectivity index (χ3v) is 3.23. The van der Waals surface area contributed by atoms with Crippen LogP contribution in [0, 0.1) is 0 Å². The van der Waals surface area contributed by atoms with Crippen molar-refractivity contribution in [3.8, 4) is 0 Å². The summed E-state index contributed by atoms with van der Waals surface area (Å²) in [5.41, 5.74) is 0. The number of hydrogen-bond donors (Lipinski definition) is 0. The van der Waals surface area contributed by atoms with Crippen molar-refractivity contribution in [2.45, 2.75) is 64.4 Å². The molecule has 0 radical (unpaired) electrons. The summed E-state index contributed by atoms with van der Waals surface area (Å²) in [4.78, 5) is 22.9. The van der Waals surface area contributed by atoms with Gasteiger partial charge in [0.15, 0.2) is 5.78 Å². The lowest BCUT2D eigenvalue weighted by Crippen LogP contribution is -2.12. The highest BCUT2D eigenvalue weighted by Crippen LogP contribution is 2.12. The topological polar surface area (TPSA) is 43.4 Å². The van der Waals surface area contributed by atoms with Gasteiger partial charge in [0, 0.05) is 12.5 Å². The van der Waals surface area contributed by atoms with Crippen LogP contribution in [0.5, 0.6) is 0 Å². The van der Waals surface area contributed by atoms with Crippen LogP contribution >= 0.6 is 0 Å². The largest absolute Gasteiger partial charge is 0.460 e. The summed E-state index contributed by atoms with van der Waals surface area (Å²) in [5, 5.41) is 0. The molecule has 0 saturated carbocycles. The van der Waals surface area contributed by atoms with E-state index in [2.05, 4.69) is 0 Å². The van der Waals surface area contributed by atoms with Crippen LogP contribution in [-0.2, 0) is 14.3 Å². The lowest BCUT2D eigenvalue weighted by atomic mass is 10.1. The number of cyclic esters (lactones) is 1. The number of ketones is 1. The predicted octanol–water partition coefficient (Wildman–Crippen LogP) is 3.73. The van der Waals surface area contributed by atoms with Gasteiger partial charge >= 0.3 is 5.97 Å². The highest BCUT2D eigenvalue weighted by atomic mass is 16.5. The molecular weight excluding hydrogens is 240 g/mol. The second-order valence-electron chi connectivity index (χ2n) is 5.09. The van der Waals surface area contributed by atoms with E-state index in [-0.39, 0.29) is 17.9 Å². The molecule has 0 spiro atoms. The van der Waals surface area contributed by atoms with E-state index in [1.165, 1.54) is 31.4 Å². The molecule has 0 aromatic heterocycles. The molecule has 0 amide bonds. The fourth-order valence-electron chi connectivity index (χ4n) is 2.11. The number of allylic oxidation sites excluding steroid dienone is 3. The third kappa shape index (κ3) is 8.36. The molecule has 3 heteroatoms. The Kier molecular flexibility index (Phi) is 7.87. The normalized spacial score (nSPS) is 27.5. The van der Waals surface area contributed by atoms with E-state index in [0.29, 0.717) is 6.42 Å². The van der Waals surface area contributed by atoms with Gasteiger partial charge in [-0.05, 0) is 32.3 Å². The average Bonchev–Trinajstić information content (AvgIpc) is 2.36. The molecule has 19 heavy (non-hydrogen) atoms. The first-order valence-corrected chi connectivity index (χ1v) is 7.26. The van der Waals surface area contributed by atoms with Crippen LogP contribution in [0.1, 0.15) is 58.3 Å². The van der Waals surface area contributed by atoms with Crippen molar-refractivity contribution in [2.75, 3.05) is 0 Å². The fraction of sp³-hybridized carbons (Fsp3) is 0.625. The monoisotopic (exact) mass is 264 g/mol. The molecule has 1 aliphatic rings. The van der Waals surface area contributed by atoms with Crippen molar-refractivity contribution in [2.24, 2.45) is 0 Å². The van der Waals surface area contributed by atoms with Crippen LogP contribution in [0.4, 0.5) is 0 Å². The van der Waals surface area contributed by atoms with Gasteiger partial charge in [-0.2, -0.15) is 0 Å². The highest BCUT2D eigenvalue weighted by molar-refractivity contribution is 5.90. The molecule has 1 rings (SSSR count). The summed E-state index contributed by atoms with van der Waals surface area (Å²) in [6.07, 6.45) is 14.3. The van der Waals surface area contributed by atoms with Crippen molar-refractivity contribution < 1.29 is 14.3 Å². The second kappa shape index (κ2) is 9.54. The molecule has 1 heterocycles. The lowest BCUT2D eigenvalue weighted by molar-refractivity contribution is -0.142. The SMILES string of the molecule is CC1CCCCCCCCC(=O)/C=C/C=C\C(=O)O1. The standard InChI is InChI=1S/C16H24O3/c1-14-10-6-4-2-3-5-7-11-15(17)12-8-9-13-16(18)19-14/h8-9,12-14H,2-7,10-11H2,1H3/b12-8+,13-9-. The molecule has 3 nitrogen and oxygen atoms in total. The molecule has 106 valence electrons. The van der Waals surface area contributed by atoms with Gasteiger partial charge < -0.3 is 4.74 Å². The van der Waals surface area contributed by atoms with Gasteiger partial charge in [-0.15, -0.1) is 0 Å². The van der Waals surface area contributed by atoms with Gasteiger partial charge in [-0.25, -0.2) is 4.79 Å². The van der Waals surface area contributed by atoms with Crippen LogP contribution in [0.25, 0.3) is 0 Å². The Morgan fingerprint density at radius 2 is 1.58 bits per heavy atom. The smallest absolute Gasteiger partial charge is 0.331 e. The number of carbonyl (C=O) groups excluding carboxylic acids is 2. The van der Waals surface area contributed by atoms with E-state index in [0.717, 1.165) is 25.7 Å². The van der Waals surface area contributed by atoms with Gasteiger partial charge in [0.05, 0.1) is 6.10 Å². The third-order valence-electron chi connectivity index (χ3n) is 3.23. The van der Waals surface area contributed by atoms with E-state index < -0.39 is 0 Å². The van der Waals surface area contributed by atoms with Crippen LogP contribution in [0.15, 0.2) is 24.3 Å². The quantitative estimate of drug-likeness (QED) is 0.626. The molecule has 0 aromatic rings. The summed E-state index contributed by atoms with van der Waals surface area (Å²) in [6, 6.07) is 0. The Morgan fingerprint density at radius 3 is 2.37 bits per heavy atom. The number of hydrogen-bond acceptors (Lipinski definition) is 3. The Morgan fingerprint density at radius 1 is 0.947 bits per heavy atom. The molecule has 1 unspecified atom stereocenters. The zero-order valence-electron chi connectivity index (χ0n) is 11.8. The first-order valence-electron chi connectivity index (χ1n) is 7.26. The second-order valence-corrected chi connectivity index (χ2v) is 5.09. The summed E-state index contributed by atoms with van der Waals surface area (Å²) in [7, 11) is 0. The number of rotatable bonds is 0. The highest BCUT2D eigenvalue weighted by Gasteiger charge is 2.06. The van der Waals surface area contributed by atoms with Crippen molar-refractivity contribution in [3.05, 3.63) is 24.3 Å². The molecular formula is C16H24O3. The van der Waals surface area contributed by atoms with Crippen LogP contribution < -0.4 is 0 Å². The maximum absolute atomic E-state index is 11.5. The van der Waals surface area contributed by atoms with E-state index in [4.69, 9.17) is 4.74 Å².